The molecule has 4 rings (SSSR count). The maximum atomic E-state index is 13.8. The van der Waals surface area contributed by atoms with Crippen LogP contribution in [0.15, 0.2) is 71.7 Å². The number of aromatic hydroxyl groups is 1. The van der Waals surface area contributed by atoms with Gasteiger partial charge in [0.2, 0.25) is 0 Å². The van der Waals surface area contributed by atoms with Gasteiger partial charge in [-0.1, -0.05) is 37.3 Å². The van der Waals surface area contributed by atoms with Crippen LogP contribution in [0.3, 0.4) is 0 Å². The highest BCUT2D eigenvalue weighted by Gasteiger charge is 2.19. The van der Waals surface area contributed by atoms with Gasteiger partial charge in [0.05, 0.1) is 22.5 Å². The lowest BCUT2D eigenvalue weighted by molar-refractivity contribution is -0.136. The quantitative estimate of drug-likeness (QED) is 0.255. The van der Waals surface area contributed by atoms with Gasteiger partial charge in [-0.05, 0) is 60.5 Å². The Labute approximate surface area is 196 Å². The molecule has 0 spiro atoms. The van der Waals surface area contributed by atoms with Crippen molar-refractivity contribution in [3.63, 3.8) is 0 Å². The Morgan fingerprint density at radius 1 is 1.06 bits per heavy atom. The Morgan fingerprint density at radius 3 is 2.59 bits per heavy atom. The number of nitrogens with zero attached hydrogens (tertiary/aromatic N) is 1. The van der Waals surface area contributed by atoms with Crippen molar-refractivity contribution in [1.82, 2.24) is 10.3 Å². The van der Waals surface area contributed by atoms with Crippen molar-refractivity contribution in [3.05, 3.63) is 94.8 Å². The van der Waals surface area contributed by atoms with Crippen LogP contribution in [0.1, 0.15) is 35.6 Å². The number of hydrogen-bond acceptors (Lipinski definition) is 4. The lowest BCUT2D eigenvalue weighted by atomic mass is 9.97. The van der Waals surface area contributed by atoms with Gasteiger partial charge in [0.25, 0.3) is 0 Å². The van der Waals surface area contributed by atoms with Gasteiger partial charge in [-0.3, -0.25) is 4.79 Å². The molecular weight excluding hydrogens is 433 g/mol. The van der Waals surface area contributed by atoms with Crippen molar-refractivity contribution in [1.29, 1.82) is 0 Å². The van der Waals surface area contributed by atoms with Crippen LogP contribution in [-0.2, 0) is 17.8 Å². The Hall–Kier alpha value is -3.97. The molecular formula is C27H26FN3O3. The zero-order valence-corrected chi connectivity index (χ0v) is 18.8. The molecule has 0 bridgehead atoms. The Morgan fingerprint density at radius 2 is 1.85 bits per heavy atom. The zero-order valence-electron chi connectivity index (χ0n) is 18.8. The van der Waals surface area contributed by atoms with Crippen LogP contribution in [0, 0.1) is 5.82 Å². The van der Waals surface area contributed by atoms with E-state index in [1.165, 1.54) is 12.1 Å². The molecule has 1 heterocycles. The molecule has 6 nitrogen and oxygen atoms in total. The summed E-state index contributed by atoms with van der Waals surface area (Å²) in [4.78, 5) is 18.7. The van der Waals surface area contributed by atoms with Crippen LogP contribution in [0.2, 0.25) is 0 Å². The maximum Gasteiger partial charge on any atom is 0.303 e. The molecule has 0 saturated heterocycles. The summed E-state index contributed by atoms with van der Waals surface area (Å²) < 4.78 is 13.8. The van der Waals surface area contributed by atoms with Gasteiger partial charge in [-0.15, -0.1) is 0 Å². The molecule has 0 saturated carbocycles. The zero-order chi connectivity index (χ0) is 24.1. The van der Waals surface area contributed by atoms with Crippen LogP contribution in [0.25, 0.3) is 10.9 Å². The van der Waals surface area contributed by atoms with Gasteiger partial charge in [-0.25, -0.2) is 9.38 Å². The Bertz CT molecular complexity index is 1340. The number of aliphatic imine (C=N–C) groups is 1. The van der Waals surface area contributed by atoms with Crippen LogP contribution >= 0.6 is 0 Å². The highest BCUT2D eigenvalue weighted by Crippen LogP contribution is 2.32. The fourth-order valence-electron chi connectivity index (χ4n) is 3.87. The van der Waals surface area contributed by atoms with Crippen LogP contribution < -0.4 is 5.32 Å². The SMILES string of the molecule is CCNCc1ccc(N=C(c2cccc(CCC(=O)O)c2)c2c(O)[nH]c3cc(F)ccc23)cc1. The number of halogens is 1. The number of carbonyl (C=O) groups is 1. The first-order chi connectivity index (χ1) is 16.4. The molecule has 4 N–H and O–H groups in total. The van der Waals surface area contributed by atoms with Gasteiger partial charge in [0, 0.05) is 23.9 Å². The van der Waals surface area contributed by atoms with Crippen molar-refractivity contribution in [2.24, 2.45) is 4.99 Å². The third kappa shape index (κ3) is 5.32. The number of aliphatic carboxylic acids is 1. The topological polar surface area (TPSA) is 97.7 Å². The van der Waals surface area contributed by atoms with E-state index < -0.39 is 11.8 Å². The number of hydrogen-bond donors (Lipinski definition) is 4. The second-order valence-corrected chi connectivity index (χ2v) is 8.04. The van der Waals surface area contributed by atoms with Crippen molar-refractivity contribution >= 4 is 28.3 Å². The first-order valence-corrected chi connectivity index (χ1v) is 11.1. The highest BCUT2D eigenvalue weighted by atomic mass is 19.1. The lowest BCUT2D eigenvalue weighted by Crippen LogP contribution is -2.11. The molecule has 174 valence electrons. The number of nitrogens with one attached hydrogen (secondary N) is 2. The predicted octanol–water partition coefficient (Wildman–Crippen LogP) is 5.31. The van der Waals surface area contributed by atoms with Crippen molar-refractivity contribution in [3.8, 4) is 5.88 Å². The summed E-state index contributed by atoms with van der Waals surface area (Å²) in [6.45, 7) is 3.69. The smallest absolute Gasteiger partial charge is 0.303 e. The molecule has 0 atom stereocenters. The summed E-state index contributed by atoms with van der Waals surface area (Å²) in [5, 5.41) is 23.8. The molecule has 0 radical (unpaired) electrons. The summed E-state index contributed by atoms with van der Waals surface area (Å²) in [5.74, 6) is -1.39. The van der Waals surface area contributed by atoms with Crippen LogP contribution in [0.5, 0.6) is 5.88 Å². The number of aryl methyl sites for hydroxylation is 1. The van der Waals surface area contributed by atoms with Gasteiger partial charge in [0.15, 0.2) is 5.88 Å². The van der Waals surface area contributed by atoms with Crippen LogP contribution in [0.4, 0.5) is 10.1 Å². The van der Waals surface area contributed by atoms with E-state index in [1.54, 1.807) is 6.07 Å². The van der Waals surface area contributed by atoms with E-state index in [9.17, 15) is 14.3 Å². The van der Waals surface area contributed by atoms with Crippen molar-refractivity contribution in [2.75, 3.05) is 6.54 Å². The lowest BCUT2D eigenvalue weighted by Gasteiger charge is -2.10. The molecule has 0 aliphatic heterocycles. The fraction of sp³-hybridized carbons (Fsp3) is 0.185. The van der Waals surface area contributed by atoms with Gasteiger partial charge >= 0.3 is 5.97 Å². The largest absolute Gasteiger partial charge is 0.494 e. The molecule has 0 amide bonds. The van der Waals surface area contributed by atoms with E-state index in [2.05, 4.69) is 17.2 Å². The molecule has 4 aromatic rings. The van der Waals surface area contributed by atoms with Gasteiger partial charge < -0.3 is 20.5 Å². The minimum atomic E-state index is -0.867. The van der Waals surface area contributed by atoms with E-state index >= 15 is 0 Å². The van der Waals surface area contributed by atoms with E-state index in [-0.39, 0.29) is 12.3 Å². The molecule has 0 aliphatic carbocycles. The van der Waals surface area contributed by atoms with Gasteiger partial charge in [-0.2, -0.15) is 0 Å². The summed E-state index contributed by atoms with van der Waals surface area (Å²) in [6.07, 6.45) is 0.390. The molecule has 34 heavy (non-hydrogen) atoms. The third-order valence-electron chi connectivity index (χ3n) is 5.56. The van der Waals surface area contributed by atoms with Crippen molar-refractivity contribution in [2.45, 2.75) is 26.3 Å². The molecule has 0 fully saturated rings. The standard InChI is InChI=1S/C27H26FN3O3/c1-2-29-16-18-6-10-21(11-7-18)30-26(19-5-3-4-17(14-19)8-13-24(32)33)25-22-12-9-20(28)15-23(22)31-27(25)34/h3-7,9-12,14-15,29,31,34H,2,8,13,16H2,1H3,(H,32,33). The number of aromatic amines is 1. The molecule has 0 unspecified atom stereocenters. The normalized spacial score (nSPS) is 11.8. The van der Waals surface area contributed by atoms with Crippen molar-refractivity contribution < 1.29 is 19.4 Å². The first kappa shape index (κ1) is 23.2. The molecule has 3 aromatic carbocycles. The Kier molecular flexibility index (Phi) is 7.04. The average molecular weight is 460 g/mol. The fourth-order valence-corrected chi connectivity index (χ4v) is 3.87. The number of fused-ring (bicyclic) bond motifs is 1. The number of rotatable bonds is 9. The van der Waals surface area contributed by atoms with E-state index in [0.717, 1.165) is 29.8 Å². The number of carboxylic acid groups (broad SMARTS) is 1. The highest BCUT2D eigenvalue weighted by molar-refractivity contribution is 6.21. The molecule has 1 aromatic heterocycles. The molecule has 7 heteroatoms. The number of benzene rings is 3. The summed E-state index contributed by atoms with van der Waals surface area (Å²) in [5.41, 5.74) is 4.82. The van der Waals surface area contributed by atoms with Gasteiger partial charge in [0.1, 0.15) is 5.82 Å². The maximum absolute atomic E-state index is 13.8. The Balaban J connectivity index is 1.83. The second kappa shape index (κ2) is 10.3. The first-order valence-electron chi connectivity index (χ1n) is 11.1. The predicted molar refractivity (Wildman–Crippen MR) is 131 cm³/mol. The minimum Gasteiger partial charge on any atom is -0.494 e. The third-order valence-corrected chi connectivity index (χ3v) is 5.56. The van der Waals surface area contributed by atoms with E-state index in [0.29, 0.717) is 34.3 Å². The molecule has 0 aliphatic rings. The average Bonchev–Trinajstić information content (AvgIpc) is 3.15. The number of carboxylic acids is 1. The summed E-state index contributed by atoms with van der Waals surface area (Å²) >= 11 is 0. The van der Waals surface area contributed by atoms with Crippen LogP contribution in [-0.4, -0.2) is 33.4 Å². The second-order valence-electron chi connectivity index (χ2n) is 8.04. The summed E-state index contributed by atoms with van der Waals surface area (Å²) in [6, 6.07) is 19.5. The minimum absolute atomic E-state index is 0.0147. The monoisotopic (exact) mass is 459 g/mol. The van der Waals surface area contributed by atoms with E-state index in [4.69, 9.17) is 10.1 Å². The number of H-pyrrole nitrogens is 1. The summed E-state index contributed by atoms with van der Waals surface area (Å²) in [7, 11) is 0. The number of aromatic nitrogens is 1. The van der Waals surface area contributed by atoms with E-state index in [1.807, 2.05) is 48.5 Å².